The summed E-state index contributed by atoms with van der Waals surface area (Å²) in [6.45, 7) is 2.54. The lowest BCUT2D eigenvalue weighted by molar-refractivity contribution is -0.160. The number of nitrogens with zero attached hydrogens (tertiary/aromatic N) is 1. The smallest absolute Gasteiger partial charge is 0.338 e. The van der Waals surface area contributed by atoms with Crippen molar-refractivity contribution < 1.29 is 28.5 Å². The van der Waals surface area contributed by atoms with Crippen LogP contribution in [0.3, 0.4) is 0 Å². The molecule has 2 fully saturated rings. The van der Waals surface area contributed by atoms with Crippen LogP contribution in [-0.4, -0.2) is 55.5 Å². The molecule has 26 heavy (non-hydrogen) atoms. The molecule has 5 atom stereocenters. The molecule has 5 rings (SSSR count). The van der Waals surface area contributed by atoms with E-state index < -0.39 is 18.2 Å². The fourth-order valence-corrected chi connectivity index (χ4v) is 5.17. The van der Waals surface area contributed by atoms with Gasteiger partial charge in [0.15, 0.2) is 11.5 Å². The summed E-state index contributed by atoms with van der Waals surface area (Å²) in [5.74, 6) is 0.849. The highest BCUT2D eigenvalue weighted by atomic mass is 16.7. The number of carbonyl (C=O) groups is 2. The van der Waals surface area contributed by atoms with Crippen molar-refractivity contribution >= 4 is 11.9 Å². The van der Waals surface area contributed by atoms with Gasteiger partial charge >= 0.3 is 11.9 Å². The summed E-state index contributed by atoms with van der Waals surface area (Å²) in [4.78, 5) is 26.6. The molecule has 1 aromatic rings. The van der Waals surface area contributed by atoms with E-state index in [-0.39, 0.29) is 24.7 Å². The van der Waals surface area contributed by atoms with Gasteiger partial charge in [0.25, 0.3) is 0 Å². The van der Waals surface area contributed by atoms with Crippen LogP contribution in [0.25, 0.3) is 0 Å². The SMILES string of the molecule is CC(=O)O[C@H]1C[C@H]2CCN(C)[C@H]2[C@@H]2c3cc4c(cc3C(=O)O[C@@H]21)OCO4. The van der Waals surface area contributed by atoms with Gasteiger partial charge in [-0.15, -0.1) is 0 Å². The largest absolute Gasteiger partial charge is 0.459 e. The minimum Gasteiger partial charge on any atom is -0.459 e. The molecule has 138 valence electrons. The number of ether oxygens (including phenoxy) is 4. The average molecular weight is 359 g/mol. The zero-order valence-electron chi connectivity index (χ0n) is 14.8. The Morgan fingerprint density at radius 2 is 2.04 bits per heavy atom. The lowest BCUT2D eigenvalue weighted by Gasteiger charge is -2.47. The number of fused-ring (bicyclic) bond motifs is 6. The number of benzene rings is 1. The molecule has 0 unspecified atom stereocenters. The van der Waals surface area contributed by atoms with Gasteiger partial charge in [0.2, 0.25) is 6.79 Å². The van der Waals surface area contributed by atoms with E-state index in [0.29, 0.717) is 23.0 Å². The number of esters is 2. The number of hydrogen-bond donors (Lipinski definition) is 0. The number of rotatable bonds is 1. The molecule has 1 saturated carbocycles. The molecule has 1 aliphatic carbocycles. The van der Waals surface area contributed by atoms with E-state index in [1.165, 1.54) is 6.92 Å². The monoisotopic (exact) mass is 359 g/mol. The van der Waals surface area contributed by atoms with Crippen LogP contribution in [0.4, 0.5) is 0 Å². The minimum absolute atomic E-state index is 0.0483. The van der Waals surface area contributed by atoms with E-state index in [1.54, 1.807) is 6.07 Å². The first kappa shape index (κ1) is 15.9. The Balaban J connectivity index is 1.63. The van der Waals surface area contributed by atoms with Crippen LogP contribution in [0.15, 0.2) is 12.1 Å². The Morgan fingerprint density at radius 1 is 1.27 bits per heavy atom. The molecule has 0 aromatic heterocycles. The fraction of sp³-hybridized carbons (Fsp3) is 0.579. The van der Waals surface area contributed by atoms with Gasteiger partial charge in [0.05, 0.1) is 5.56 Å². The first-order valence-electron chi connectivity index (χ1n) is 9.05. The number of likely N-dealkylation sites (tertiary alicyclic amines) is 1. The van der Waals surface area contributed by atoms with E-state index in [9.17, 15) is 9.59 Å². The van der Waals surface area contributed by atoms with Gasteiger partial charge in [0.1, 0.15) is 12.2 Å². The molecule has 7 nitrogen and oxygen atoms in total. The van der Waals surface area contributed by atoms with Gasteiger partial charge in [-0.05, 0) is 50.0 Å². The lowest BCUT2D eigenvalue weighted by Crippen LogP contribution is -2.55. The van der Waals surface area contributed by atoms with E-state index in [2.05, 4.69) is 11.9 Å². The van der Waals surface area contributed by atoms with Crippen LogP contribution >= 0.6 is 0 Å². The maximum absolute atomic E-state index is 12.7. The number of likely N-dealkylation sites (N-methyl/N-ethyl adjacent to an activating group) is 1. The molecule has 4 aliphatic rings. The third-order valence-electron chi connectivity index (χ3n) is 6.15. The zero-order chi connectivity index (χ0) is 18.0. The third kappa shape index (κ3) is 2.23. The predicted molar refractivity (Wildman–Crippen MR) is 89.2 cm³/mol. The normalized spacial score (nSPS) is 34.5. The highest BCUT2D eigenvalue weighted by Gasteiger charge is 2.55. The van der Waals surface area contributed by atoms with Crippen LogP contribution < -0.4 is 9.47 Å². The van der Waals surface area contributed by atoms with Crippen molar-refractivity contribution in [3.63, 3.8) is 0 Å². The molecule has 0 radical (unpaired) electrons. The van der Waals surface area contributed by atoms with Gasteiger partial charge < -0.3 is 23.8 Å². The fourth-order valence-electron chi connectivity index (χ4n) is 5.17. The molecule has 7 heteroatoms. The molecule has 3 aliphatic heterocycles. The van der Waals surface area contributed by atoms with E-state index in [4.69, 9.17) is 18.9 Å². The second-order valence-electron chi connectivity index (χ2n) is 7.59. The Hall–Kier alpha value is -2.28. The summed E-state index contributed by atoms with van der Waals surface area (Å²) >= 11 is 0. The predicted octanol–water partition coefficient (Wildman–Crippen LogP) is 1.69. The number of hydrogen-bond acceptors (Lipinski definition) is 7. The van der Waals surface area contributed by atoms with Gasteiger partial charge in [-0.25, -0.2) is 4.79 Å². The third-order valence-corrected chi connectivity index (χ3v) is 6.15. The van der Waals surface area contributed by atoms with Crippen molar-refractivity contribution in [2.45, 2.75) is 43.9 Å². The quantitative estimate of drug-likeness (QED) is 0.707. The second kappa shape index (κ2) is 5.61. The van der Waals surface area contributed by atoms with Crippen molar-refractivity contribution in [3.8, 4) is 11.5 Å². The molecule has 3 heterocycles. The summed E-state index contributed by atoms with van der Waals surface area (Å²) in [5, 5.41) is 0. The summed E-state index contributed by atoms with van der Waals surface area (Å²) in [6, 6.07) is 3.88. The lowest BCUT2D eigenvalue weighted by atomic mass is 9.69. The molecule has 0 bridgehead atoms. The van der Waals surface area contributed by atoms with Crippen LogP contribution in [0, 0.1) is 5.92 Å². The Kier molecular flexibility index (Phi) is 3.44. The Labute approximate surface area is 151 Å². The standard InChI is InChI=1S/C19H21NO6/c1-9(21)25-15-5-10-3-4-20(2)17(10)16-11-6-13-14(24-8-23-13)7-12(11)19(22)26-18(15)16/h6-7,10,15-18H,3-5,8H2,1-2H3/t10-,15+,16+,17-,18-/m1/s1. The summed E-state index contributed by atoms with van der Waals surface area (Å²) < 4.78 is 22.3. The van der Waals surface area contributed by atoms with Gasteiger partial charge in [-0.3, -0.25) is 4.79 Å². The van der Waals surface area contributed by atoms with Gasteiger partial charge in [0, 0.05) is 18.9 Å². The van der Waals surface area contributed by atoms with Gasteiger partial charge in [-0.2, -0.15) is 0 Å². The van der Waals surface area contributed by atoms with Crippen molar-refractivity contribution in [3.05, 3.63) is 23.3 Å². The molecular formula is C19H21NO6. The van der Waals surface area contributed by atoms with E-state index in [1.807, 2.05) is 6.07 Å². The van der Waals surface area contributed by atoms with Crippen molar-refractivity contribution in [1.29, 1.82) is 0 Å². The topological polar surface area (TPSA) is 74.3 Å². The van der Waals surface area contributed by atoms with Crippen LogP contribution in [0.5, 0.6) is 11.5 Å². The molecule has 1 aromatic carbocycles. The van der Waals surface area contributed by atoms with Crippen molar-refractivity contribution in [2.24, 2.45) is 5.92 Å². The first-order valence-corrected chi connectivity index (χ1v) is 9.05. The highest BCUT2D eigenvalue weighted by molar-refractivity contribution is 5.94. The summed E-state index contributed by atoms with van der Waals surface area (Å²) in [6.07, 6.45) is 0.896. The molecule has 1 saturated heterocycles. The summed E-state index contributed by atoms with van der Waals surface area (Å²) in [5.41, 5.74) is 1.44. The molecular weight excluding hydrogens is 338 g/mol. The highest BCUT2D eigenvalue weighted by Crippen LogP contribution is 2.51. The maximum Gasteiger partial charge on any atom is 0.338 e. The van der Waals surface area contributed by atoms with Crippen LogP contribution in [-0.2, 0) is 14.3 Å². The minimum atomic E-state index is -0.471. The van der Waals surface area contributed by atoms with Gasteiger partial charge in [-0.1, -0.05) is 0 Å². The summed E-state index contributed by atoms with van der Waals surface area (Å²) in [7, 11) is 2.11. The molecule has 0 amide bonds. The first-order chi connectivity index (χ1) is 12.5. The Morgan fingerprint density at radius 3 is 2.81 bits per heavy atom. The van der Waals surface area contributed by atoms with Crippen molar-refractivity contribution in [1.82, 2.24) is 4.90 Å². The zero-order valence-corrected chi connectivity index (χ0v) is 14.8. The van der Waals surface area contributed by atoms with Crippen LogP contribution in [0.1, 0.15) is 41.6 Å². The van der Waals surface area contributed by atoms with E-state index in [0.717, 1.165) is 24.9 Å². The average Bonchev–Trinajstić information content (AvgIpc) is 3.20. The maximum atomic E-state index is 12.7. The molecule has 0 N–H and O–H groups in total. The van der Waals surface area contributed by atoms with Crippen LogP contribution in [0.2, 0.25) is 0 Å². The number of carbonyl (C=O) groups excluding carboxylic acids is 2. The second-order valence-corrected chi connectivity index (χ2v) is 7.59. The molecule has 0 spiro atoms. The van der Waals surface area contributed by atoms with Crippen molar-refractivity contribution in [2.75, 3.05) is 20.4 Å². The van der Waals surface area contributed by atoms with E-state index >= 15 is 0 Å². The Bertz CT molecular complexity index is 792.